The van der Waals surface area contributed by atoms with Crippen molar-refractivity contribution in [1.29, 1.82) is 5.26 Å². The first-order valence-corrected chi connectivity index (χ1v) is 6.60. The third-order valence-corrected chi connectivity index (χ3v) is 2.89. The Bertz CT molecular complexity index is 586. The van der Waals surface area contributed by atoms with E-state index in [2.05, 4.69) is 51.8 Å². The molecule has 5 heteroatoms. The Balaban J connectivity index is 1.94. The zero-order valence-electron chi connectivity index (χ0n) is 11.4. The van der Waals surface area contributed by atoms with E-state index in [1.165, 1.54) is 17.5 Å². The maximum atomic E-state index is 8.55. The predicted octanol–water partition coefficient (Wildman–Crippen LogP) is 2.93. The third-order valence-electron chi connectivity index (χ3n) is 2.89. The molecule has 0 unspecified atom stereocenters. The maximum Gasteiger partial charge on any atom is 0.182 e. The highest BCUT2D eigenvalue weighted by molar-refractivity contribution is 5.48. The highest BCUT2D eigenvalue weighted by Gasteiger charge is 1.99. The van der Waals surface area contributed by atoms with Gasteiger partial charge in [0.2, 0.25) is 0 Å². The van der Waals surface area contributed by atoms with Crippen LogP contribution in [-0.2, 0) is 13.0 Å². The lowest BCUT2D eigenvalue weighted by Crippen LogP contribution is -2.03. The summed E-state index contributed by atoms with van der Waals surface area (Å²) in [7, 11) is 0. The lowest BCUT2D eigenvalue weighted by molar-refractivity contribution is 0.920. The van der Waals surface area contributed by atoms with E-state index in [0.717, 1.165) is 12.8 Å². The lowest BCUT2D eigenvalue weighted by atomic mass is 10.1. The molecule has 0 atom stereocenters. The first-order valence-electron chi connectivity index (χ1n) is 6.60. The molecule has 0 aliphatic rings. The lowest BCUT2D eigenvalue weighted by Gasteiger charge is -2.07. The maximum absolute atomic E-state index is 8.55. The molecule has 0 bridgehead atoms. The monoisotopic (exact) mass is 267 g/mol. The fraction of sp³-hybridized carbons (Fsp3) is 0.267. The summed E-state index contributed by atoms with van der Waals surface area (Å²) in [5.74, 6) is 1.18. The number of anilines is 2. The molecule has 1 aromatic heterocycles. The Hall–Kier alpha value is -2.61. The predicted molar refractivity (Wildman–Crippen MR) is 79.0 cm³/mol. The summed E-state index contributed by atoms with van der Waals surface area (Å²) in [6, 6.07) is 10.3. The van der Waals surface area contributed by atoms with Gasteiger partial charge in [-0.25, -0.2) is 9.97 Å². The van der Waals surface area contributed by atoms with Gasteiger partial charge in [-0.05, 0) is 17.5 Å². The van der Waals surface area contributed by atoms with Gasteiger partial charge in [0.25, 0.3) is 0 Å². The smallest absolute Gasteiger partial charge is 0.182 e. The number of aromatic nitrogens is 2. The Morgan fingerprint density at radius 1 is 1.10 bits per heavy atom. The molecule has 0 saturated carbocycles. The molecular formula is C15H17N5. The molecule has 1 heterocycles. The Morgan fingerprint density at radius 3 is 2.50 bits per heavy atom. The van der Waals surface area contributed by atoms with Crippen LogP contribution in [0.1, 0.15) is 24.5 Å². The summed E-state index contributed by atoms with van der Waals surface area (Å²) in [6.45, 7) is 2.87. The number of benzene rings is 1. The van der Waals surface area contributed by atoms with E-state index in [1.54, 1.807) is 6.07 Å². The molecule has 102 valence electrons. The first kappa shape index (κ1) is 13.8. The second kappa shape index (κ2) is 7.10. The topological polar surface area (TPSA) is 73.6 Å². The second-order valence-corrected chi connectivity index (χ2v) is 4.45. The summed E-state index contributed by atoms with van der Waals surface area (Å²) in [5, 5.41) is 14.2. The van der Waals surface area contributed by atoms with Gasteiger partial charge in [-0.1, -0.05) is 37.6 Å². The van der Waals surface area contributed by atoms with E-state index >= 15 is 0 Å². The van der Waals surface area contributed by atoms with E-state index in [0.29, 0.717) is 18.2 Å². The zero-order valence-corrected chi connectivity index (χ0v) is 11.4. The molecule has 5 nitrogen and oxygen atoms in total. The van der Waals surface area contributed by atoms with E-state index in [-0.39, 0.29) is 0 Å². The van der Waals surface area contributed by atoms with E-state index < -0.39 is 0 Å². The van der Waals surface area contributed by atoms with Crippen molar-refractivity contribution in [3.8, 4) is 6.19 Å². The average Bonchev–Trinajstić information content (AvgIpc) is 2.48. The van der Waals surface area contributed by atoms with Crippen LogP contribution in [0.2, 0.25) is 0 Å². The van der Waals surface area contributed by atoms with Crippen LogP contribution >= 0.6 is 0 Å². The van der Waals surface area contributed by atoms with Gasteiger partial charge >= 0.3 is 0 Å². The first-order chi connectivity index (χ1) is 9.81. The van der Waals surface area contributed by atoms with Crippen LogP contribution in [0.5, 0.6) is 0 Å². The van der Waals surface area contributed by atoms with Gasteiger partial charge in [0.1, 0.15) is 18.0 Å². The highest BCUT2D eigenvalue weighted by Crippen LogP contribution is 2.11. The third kappa shape index (κ3) is 3.95. The number of nitrogens with zero attached hydrogens (tertiary/aromatic N) is 3. The van der Waals surface area contributed by atoms with Crippen LogP contribution in [-0.4, -0.2) is 9.97 Å². The summed E-state index contributed by atoms with van der Waals surface area (Å²) in [6.07, 6.45) is 5.53. The Morgan fingerprint density at radius 2 is 1.80 bits per heavy atom. The molecule has 2 N–H and O–H groups in total. The quantitative estimate of drug-likeness (QED) is 0.622. The number of hydrogen-bond acceptors (Lipinski definition) is 5. The van der Waals surface area contributed by atoms with E-state index in [9.17, 15) is 0 Å². The summed E-state index contributed by atoms with van der Waals surface area (Å²) in [4.78, 5) is 8.04. The van der Waals surface area contributed by atoms with Crippen molar-refractivity contribution in [1.82, 2.24) is 9.97 Å². The summed E-state index contributed by atoms with van der Waals surface area (Å²) >= 11 is 0. The minimum absolute atomic E-state index is 0.489. The van der Waals surface area contributed by atoms with Crippen molar-refractivity contribution in [3.05, 3.63) is 47.8 Å². The summed E-state index contributed by atoms with van der Waals surface area (Å²) < 4.78 is 0. The van der Waals surface area contributed by atoms with Crippen molar-refractivity contribution < 1.29 is 0 Å². The van der Waals surface area contributed by atoms with Crippen molar-refractivity contribution >= 4 is 11.6 Å². The van der Waals surface area contributed by atoms with E-state index in [1.807, 2.05) is 6.19 Å². The van der Waals surface area contributed by atoms with Crippen LogP contribution < -0.4 is 10.6 Å². The van der Waals surface area contributed by atoms with Crippen molar-refractivity contribution in [3.63, 3.8) is 0 Å². The van der Waals surface area contributed by atoms with Crippen LogP contribution in [0.3, 0.4) is 0 Å². The van der Waals surface area contributed by atoms with Crippen molar-refractivity contribution in [2.24, 2.45) is 0 Å². The second-order valence-electron chi connectivity index (χ2n) is 4.45. The molecule has 20 heavy (non-hydrogen) atoms. The molecule has 0 amide bonds. The van der Waals surface area contributed by atoms with E-state index in [4.69, 9.17) is 5.26 Å². The molecular weight excluding hydrogens is 250 g/mol. The minimum atomic E-state index is 0.489. The van der Waals surface area contributed by atoms with Gasteiger partial charge in [-0.3, -0.25) is 5.32 Å². The molecule has 0 radical (unpaired) electrons. The van der Waals surface area contributed by atoms with Crippen LogP contribution in [0.4, 0.5) is 11.6 Å². The number of rotatable bonds is 6. The largest absolute Gasteiger partial charge is 0.366 e. The minimum Gasteiger partial charge on any atom is -0.366 e. The van der Waals surface area contributed by atoms with Gasteiger partial charge in [-0.15, -0.1) is 0 Å². The number of aryl methyl sites for hydroxylation is 1. The molecule has 0 fully saturated rings. The van der Waals surface area contributed by atoms with Crippen molar-refractivity contribution in [2.45, 2.75) is 26.3 Å². The SMILES string of the molecule is CCCc1ccc(CNc2cc(NC#N)ncn2)cc1. The summed E-state index contributed by atoms with van der Waals surface area (Å²) in [5.41, 5.74) is 2.55. The van der Waals surface area contributed by atoms with Gasteiger partial charge in [-0.2, -0.15) is 5.26 Å². The fourth-order valence-corrected chi connectivity index (χ4v) is 1.88. The molecule has 0 aliphatic carbocycles. The number of nitrogens with one attached hydrogen (secondary N) is 2. The average molecular weight is 267 g/mol. The Labute approximate surface area is 118 Å². The normalized spacial score (nSPS) is 9.80. The van der Waals surface area contributed by atoms with Gasteiger partial charge in [0, 0.05) is 12.6 Å². The van der Waals surface area contributed by atoms with Gasteiger partial charge in [0.05, 0.1) is 0 Å². The van der Waals surface area contributed by atoms with Crippen LogP contribution in [0, 0.1) is 11.5 Å². The molecule has 2 aromatic rings. The molecule has 0 saturated heterocycles. The molecule has 2 rings (SSSR count). The standard InChI is InChI=1S/C15H17N5/c1-2-3-12-4-6-13(7-5-12)9-17-14-8-15(18-10-16)20-11-19-14/h4-8,11H,2-3,9H2,1H3,(H2,17,18,19,20). The number of hydrogen-bond donors (Lipinski definition) is 2. The van der Waals surface area contributed by atoms with Crippen LogP contribution in [0.15, 0.2) is 36.7 Å². The Kier molecular flexibility index (Phi) is 4.90. The highest BCUT2D eigenvalue weighted by atomic mass is 15.1. The van der Waals surface area contributed by atoms with Gasteiger partial charge < -0.3 is 5.32 Å². The van der Waals surface area contributed by atoms with Gasteiger partial charge in [0.15, 0.2) is 6.19 Å². The van der Waals surface area contributed by atoms with Crippen LogP contribution in [0.25, 0.3) is 0 Å². The zero-order chi connectivity index (χ0) is 14.2. The fourth-order valence-electron chi connectivity index (χ4n) is 1.88. The molecule has 0 aliphatic heterocycles. The van der Waals surface area contributed by atoms with Crippen molar-refractivity contribution in [2.75, 3.05) is 10.6 Å². The molecule has 1 aromatic carbocycles. The number of nitriles is 1. The molecule has 0 spiro atoms.